The summed E-state index contributed by atoms with van der Waals surface area (Å²) in [5.74, 6) is 0.990. The number of ether oxygens (including phenoxy) is 3. The summed E-state index contributed by atoms with van der Waals surface area (Å²) in [6.07, 6.45) is -1.09. The number of rotatable bonds is 5. The van der Waals surface area contributed by atoms with Crippen LogP contribution in [0.25, 0.3) is 0 Å². The Kier molecular flexibility index (Phi) is 5.00. The van der Waals surface area contributed by atoms with Gasteiger partial charge in [0.2, 0.25) is 0 Å². The third kappa shape index (κ3) is 3.08. The lowest BCUT2D eigenvalue weighted by molar-refractivity contribution is -0.125. The van der Waals surface area contributed by atoms with Crippen LogP contribution >= 0.6 is 0 Å². The van der Waals surface area contributed by atoms with Gasteiger partial charge in [-0.2, -0.15) is 0 Å². The van der Waals surface area contributed by atoms with E-state index in [2.05, 4.69) is 0 Å². The van der Waals surface area contributed by atoms with Gasteiger partial charge >= 0.3 is 0 Å². The SMILES string of the molecule is COc1cc(OC)c(N(C)C(=O)C(C)O)cc1OC. The molecule has 1 N–H and O–H groups in total. The number of aliphatic hydroxyl groups excluding tert-OH is 1. The molecule has 0 fully saturated rings. The minimum Gasteiger partial charge on any atom is -0.494 e. The smallest absolute Gasteiger partial charge is 0.255 e. The molecule has 0 spiro atoms. The predicted molar refractivity (Wildman–Crippen MR) is 71.2 cm³/mol. The van der Waals surface area contributed by atoms with E-state index in [9.17, 15) is 9.90 Å². The summed E-state index contributed by atoms with van der Waals surface area (Å²) in [6, 6.07) is 3.25. The van der Waals surface area contributed by atoms with Crippen LogP contribution in [0, 0.1) is 0 Å². The quantitative estimate of drug-likeness (QED) is 0.865. The zero-order chi connectivity index (χ0) is 14.6. The third-order valence-electron chi connectivity index (χ3n) is 2.73. The summed E-state index contributed by atoms with van der Waals surface area (Å²) >= 11 is 0. The van der Waals surface area contributed by atoms with Crippen molar-refractivity contribution in [1.29, 1.82) is 0 Å². The first-order chi connectivity index (χ1) is 8.96. The van der Waals surface area contributed by atoms with Crippen LogP contribution in [0.2, 0.25) is 0 Å². The minimum absolute atomic E-state index is 0.439. The first-order valence-electron chi connectivity index (χ1n) is 5.71. The number of aliphatic hydroxyl groups is 1. The monoisotopic (exact) mass is 269 g/mol. The molecule has 1 aromatic carbocycles. The van der Waals surface area contributed by atoms with Crippen molar-refractivity contribution in [3.63, 3.8) is 0 Å². The van der Waals surface area contributed by atoms with Crippen molar-refractivity contribution in [2.24, 2.45) is 0 Å². The van der Waals surface area contributed by atoms with Crippen LogP contribution in [-0.4, -0.2) is 45.5 Å². The van der Waals surface area contributed by atoms with Gasteiger partial charge in [0.15, 0.2) is 11.5 Å². The third-order valence-corrected chi connectivity index (χ3v) is 2.73. The van der Waals surface area contributed by atoms with Crippen molar-refractivity contribution in [2.75, 3.05) is 33.3 Å². The molecule has 6 nitrogen and oxygen atoms in total. The maximum absolute atomic E-state index is 11.8. The predicted octanol–water partition coefficient (Wildman–Crippen LogP) is 1.06. The summed E-state index contributed by atoms with van der Waals surface area (Å²) in [7, 11) is 6.07. The molecular formula is C13H19NO5. The molecule has 19 heavy (non-hydrogen) atoms. The van der Waals surface area contributed by atoms with Crippen LogP contribution in [0.1, 0.15) is 6.92 Å². The fourth-order valence-electron chi connectivity index (χ4n) is 1.67. The highest BCUT2D eigenvalue weighted by atomic mass is 16.5. The Bertz CT molecular complexity index is 459. The van der Waals surface area contributed by atoms with Crippen LogP contribution in [-0.2, 0) is 4.79 Å². The van der Waals surface area contributed by atoms with E-state index in [4.69, 9.17) is 14.2 Å². The van der Waals surface area contributed by atoms with Gasteiger partial charge in [-0.1, -0.05) is 0 Å². The summed E-state index contributed by atoms with van der Waals surface area (Å²) < 4.78 is 15.6. The highest BCUT2D eigenvalue weighted by molar-refractivity contribution is 5.97. The van der Waals surface area contributed by atoms with Crippen LogP contribution in [0.5, 0.6) is 17.2 Å². The van der Waals surface area contributed by atoms with Gasteiger partial charge in [-0.15, -0.1) is 0 Å². The number of anilines is 1. The Hall–Kier alpha value is -1.95. The van der Waals surface area contributed by atoms with Crippen molar-refractivity contribution in [2.45, 2.75) is 13.0 Å². The van der Waals surface area contributed by atoms with Gasteiger partial charge < -0.3 is 24.2 Å². The van der Waals surface area contributed by atoms with Crippen molar-refractivity contribution >= 4 is 11.6 Å². The highest BCUT2D eigenvalue weighted by Crippen LogP contribution is 2.39. The van der Waals surface area contributed by atoms with E-state index in [1.54, 1.807) is 19.2 Å². The van der Waals surface area contributed by atoms with Gasteiger partial charge in [-0.25, -0.2) is 0 Å². The molecule has 0 saturated heterocycles. The molecule has 1 rings (SSSR count). The maximum atomic E-state index is 11.8. The number of likely N-dealkylation sites (N-methyl/N-ethyl adjacent to an activating group) is 1. The fourth-order valence-corrected chi connectivity index (χ4v) is 1.67. The molecule has 1 unspecified atom stereocenters. The average molecular weight is 269 g/mol. The standard InChI is InChI=1S/C13H19NO5/c1-8(15)13(16)14(2)9-6-11(18-4)12(19-5)7-10(9)17-3/h6-8,15H,1-5H3. The molecule has 0 aromatic heterocycles. The van der Waals surface area contributed by atoms with Gasteiger partial charge in [-0.05, 0) is 6.92 Å². The Labute approximate surface area is 112 Å². The number of nitrogens with zero attached hydrogens (tertiary/aromatic N) is 1. The number of methoxy groups -OCH3 is 3. The average Bonchev–Trinajstić information content (AvgIpc) is 2.43. The van der Waals surface area contributed by atoms with Gasteiger partial charge in [0, 0.05) is 19.2 Å². The molecule has 0 aliphatic carbocycles. The highest BCUT2D eigenvalue weighted by Gasteiger charge is 2.21. The molecule has 1 aromatic rings. The van der Waals surface area contributed by atoms with Gasteiger partial charge in [-0.3, -0.25) is 4.79 Å². The number of amides is 1. The van der Waals surface area contributed by atoms with E-state index < -0.39 is 12.0 Å². The fraction of sp³-hybridized carbons (Fsp3) is 0.462. The van der Waals surface area contributed by atoms with E-state index in [1.807, 2.05) is 0 Å². The summed E-state index contributed by atoms with van der Waals surface area (Å²) in [5.41, 5.74) is 0.492. The normalized spacial score (nSPS) is 11.7. The molecule has 0 aliphatic rings. The zero-order valence-electron chi connectivity index (χ0n) is 11.8. The lowest BCUT2D eigenvalue weighted by atomic mass is 10.2. The minimum atomic E-state index is -1.09. The topological polar surface area (TPSA) is 68.2 Å². The second-order valence-electron chi connectivity index (χ2n) is 3.95. The van der Waals surface area contributed by atoms with Crippen LogP contribution < -0.4 is 19.1 Å². The van der Waals surface area contributed by atoms with E-state index in [-0.39, 0.29) is 0 Å². The molecule has 1 atom stereocenters. The number of hydrogen-bond acceptors (Lipinski definition) is 5. The Morgan fingerprint density at radius 2 is 1.58 bits per heavy atom. The molecule has 0 radical (unpaired) electrons. The van der Waals surface area contributed by atoms with Crippen molar-refractivity contribution < 1.29 is 24.1 Å². The molecule has 0 aliphatic heterocycles. The number of carbonyl (C=O) groups is 1. The van der Waals surface area contributed by atoms with Gasteiger partial charge in [0.05, 0.1) is 27.0 Å². The molecule has 6 heteroatoms. The summed E-state index contributed by atoms with van der Waals surface area (Å²) in [5, 5.41) is 9.36. The van der Waals surface area contributed by atoms with E-state index in [1.165, 1.54) is 33.2 Å². The van der Waals surface area contributed by atoms with Crippen LogP contribution in [0.4, 0.5) is 5.69 Å². The maximum Gasteiger partial charge on any atom is 0.255 e. The lowest BCUT2D eigenvalue weighted by Crippen LogP contribution is -2.34. The largest absolute Gasteiger partial charge is 0.494 e. The van der Waals surface area contributed by atoms with Gasteiger partial charge in [0.1, 0.15) is 11.9 Å². The first kappa shape index (κ1) is 15.1. The Morgan fingerprint density at radius 3 is 2.00 bits per heavy atom. The summed E-state index contributed by atoms with van der Waals surface area (Å²) in [4.78, 5) is 13.1. The van der Waals surface area contributed by atoms with Crippen LogP contribution in [0.15, 0.2) is 12.1 Å². The number of hydrogen-bond donors (Lipinski definition) is 1. The molecule has 1 amide bonds. The second kappa shape index (κ2) is 6.29. The van der Waals surface area contributed by atoms with Crippen molar-refractivity contribution in [1.82, 2.24) is 0 Å². The van der Waals surface area contributed by atoms with E-state index in [0.717, 1.165) is 0 Å². The molecule has 106 valence electrons. The van der Waals surface area contributed by atoms with Crippen molar-refractivity contribution in [3.8, 4) is 17.2 Å². The van der Waals surface area contributed by atoms with Crippen molar-refractivity contribution in [3.05, 3.63) is 12.1 Å². The van der Waals surface area contributed by atoms with E-state index in [0.29, 0.717) is 22.9 Å². The van der Waals surface area contributed by atoms with Crippen LogP contribution in [0.3, 0.4) is 0 Å². The molecule has 0 saturated carbocycles. The van der Waals surface area contributed by atoms with E-state index >= 15 is 0 Å². The summed E-state index contributed by atoms with van der Waals surface area (Å²) in [6.45, 7) is 1.41. The van der Waals surface area contributed by atoms with Gasteiger partial charge in [0.25, 0.3) is 5.91 Å². The number of benzene rings is 1. The Balaban J connectivity index is 3.29. The molecule has 0 bridgehead atoms. The molecular weight excluding hydrogens is 250 g/mol. The second-order valence-corrected chi connectivity index (χ2v) is 3.95. The zero-order valence-corrected chi connectivity index (χ0v) is 11.8. The first-order valence-corrected chi connectivity index (χ1v) is 5.71. The molecule has 0 heterocycles. The lowest BCUT2D eigenvalue weighted by Gasteiger charge is -2.22. The Morgan fingerprint density at radius 1 is 1.11 bits per heavy atom. The number of carbonyl (C=O) groups excluding carboxylic acids is 1.